The molecule has 2 aromatic rings. The van der Waals surface area contributed by atoms with E-state index in [1.807, 2.05) is 0 Å². The molecule has 0 aliphatic heterocycles. The van der Waals surface area contributed by atoms with E-state index in [-0.39, 0.29) is 18.0 Å². The fourth-order valence-electron chi connectivity index (χ4n) is 2.65. The van der Waals surface area contributed by atoms with Crippen LogP contribution in [0.15, 0.2) is 29.2 Å². The van der Waals surface area contributed by atoms with Crippen LogP contribution in [0.3, 0.4) is 0 Å². The van der Waals surface area contributed by atoms with Crippen molar-refractivity contribution in [1.82, 2.24) is 0 Å². The van der Waals surface area contributed by atoms with Crippen molar-refractivity contribution in [3.8, 4) is 0 Å². The van der Waals surface area contributed by atoms with E-state index in [1.54, 1.807) is 0 Å². The number of nitrogens with two attached hydrogens (primary N) is 1. The van der Waals surface area contributed by atoms with Crippen molar-refractivity contribution in [2.24, 2.45) is 0 Å². The summed E-state index contributed by atoms with van der Waals surface area (Å²) in [5, 5.41) is 11.2. The number of nitro groups is 1. The summed E-state index contributed by atoms with van der Waals surface area (Å²) in [5.74, 6) is -2.88. The molecule has 0 aromatic heterocycles. The highest BCUT2D eigenvalue weighted by atomic mass is 35.5. The fraction of sp³-hybridized carbons (Fsp3) is 0. The number of carbonyl (C=O) groups excluding carboxylic acids is 2. The van der Waals surface area contributed by atoms with Crippen molar-refractivity contribution < 1.29 is 31.9 Å². The van der Waals surface area contributed by atoms with Gasteiger partial charge in [-0.1, -0.05) is 0 Å². The number of hydrogen-bond acceptors (Lipinski definition) is 7. The minimum absolute atomic E-state index is 0. The van der Waals surface area contributed by atoms with Gasteiger partial charge >= 0.3 is 0 Å². The fourth-order valence-corrected chi connectivity index (χ4v) is 3.30. The number of anilines is 1. The number of nitrogen functional groups attached to an aromatic ring is 1. The zero-order valence-corrected chi connectivity index (χ0v) is 14.1. The summed E-state index contributed by atoms with van der Waals surface area (Å²) in [6.45, 7) is 0. The molecule has 0 amide bonds. The van der Waals surface area contributed by atoms with Gasteiger partial charge in [0, 0.05) is 17.2 Å². The van der Waals surface area contributed by atoms with Gasteiger partial charge < -0.3 is 5.73 Å². The standard InChI is InChI=1S/C14H7FN2O7S.ClH/c15-5-1-2-6-7(3-5)14(19)10-8(17(20)21)4-9(25(22,23)24)12(16)11(10)13(6)18;/h1-4H,16H2,(H,22,23,24);1H. The molecular weight excluding hydrogens is 395 g/mol. The van der Waals surface area contributed by atoms with Gasteiger partial charge in [0.1, 0.15) is 16.3 Å². The third kappa shape index (κ3) is 2.71. The highest BCUT2D eigenvalue weighted by Gasteiger charge is 2.40. The Balaban J connectivity index is 0.00000243. The van der Waals surface area contributed by atoms with E-state index in [2.05, 4.69) is 0 Å². The maximum atomic E-state index is 13.4. The molecule has 2 aromatic carbocycles. The van der Waals surface area contributed by atoms with Crippen LogP contribution in [0.4, 0.5) is 15.8 Å². The van der Waals surface area contributed by atoms with E-state index in [0.29, 0.717) is 6.07 Å². The zero-order chi connectivity index (χ0) is 18.7. The smallest absolute Gasteiger partial charge is 0.296 e. The van der Waals surface area contributed by atoms with E-state index in [0.717, 1.165) is 18.2 Å². The second-order valence-corrected chi connectivity index (χ2v) is 6.53. The molecule has 1 aliphatic carbocycles. The lowest BCUT2D eigenvalue weighted by Crippen LogP contribution is -2.25. The molecule has 0 heterocycles. The number of fused-ring (bicyclic) bond motifs is 2. The van der Waals surface area contributed by atoms with Gasteiger partial charge in [-0.25, -0.2) is 4.39 Å². The Kier molecular flexibility index (Phi) is 4.58. The average molecular weight is 403 g/mol. The van der Waals surface area contributed by atoms with Crippen LogP contribution in [0.5, 0.6) is 0 Å². The van der Waals surface area contributed by atoms with E-state index in [4.69, 9.17) is 5.73 Å². The predicted molar refractivity (Wildman–Crippen MR) is 87.8 cm³/mol. The van der Waals surface area contributed by atoms with E-state index >= 15 is 0 Å². The number of carbonyl (C=O) groups is 2. The van der Waals surface area contributed by atoms with E-state index in [9.17, 15) is 37.1 Å². The van der Waals surface area contributed by atoms with Crippen molar-refractivity contribution in [2.75, 3.05) is 5.73 Å². The van der Waals surface area contributed by atoms with Crippen LogP contribution >= 0.6 is 12.4 Å². The molecule has 9 nitrogen and oxygen atoms in total. The first kappa shape index (κ1) is 19.4. The van der Waals surface area contributed by atoms with E-state index < -0.39 is 65.4 Å². The van der Waals surface area contributed by atoms with Crippen LogP contribution in [-0.2, 0) is 10.1 Å². The molecular formula is C14H8ClFN2O7S. The minimum Gasteiger partial charge on any atom is -0.397 e. The molecule has 3 rings (SSSR count). The molecule has 0 saturated carbocycles. The van der Waals surface area contributed by atoms with Gasteiger partial charge in [-0.3, -0.25) is 24.3 Å². The molecule has 26 heavy (non-hydrogen) atoms. The monoisotopic (exact) mass is 402 g/mol. The normalized spacial score (nSPS) is 12.8. The summed E-state index contributed by atoms with van der Waals surface area (Å²) in [6, 6.07) is 3.01. The predicted octanol–water partition coefficient (Wildman–Crippen LogP) is 1.76. The molecule has 3 N–H and O–H groups in total. The second-order valence-electron chi connectivity index (χ2n) is 5.14. The molecule has 0 saturated heterocycles. The minimum atomic E-state index is -5.00. The Morgan fingerprint density at radius 2 is 1.65 bits per heavy atom. The maximum Gasteiger partial charge on any atom is 0.296 e. The molecule has 0 unspecified atom stereocenters. The number of benzene rings is 2. The molecule has 0 spiro atoms. The number of halogens is 2. The molecule has 0 bridgehead atoms. The lowest BCUT2D eigenvalue weighted by Gasteiger charge is -2.20. The lowest BCUT2D eigenvalue weighted by molar-refractivity contribution is -0.385. The van der Waals surface area contributed by atoms with Gasteiger partial charge in [0.15, 0.2) is 5.78 Å². The Morgan fingerprint density at radius 3 is 2.19 bits per heavy atom. The highest BCUT2D eigenvalue weighted by Crippen LogP contribution is 2.39. The number of rotatable bonds is 2. The highest BCUT2D eigenvalue weighted by molar-refractivity contribution is 7.86. The molecule has 12 heteroatoms. The Morgan fingerprint density at radius 1 is 1.08 bits per heavy atom. The molecule has 0 fully saturated rings. The number of hydrogen-bond donors (Lipinski definition) is 2. The maximum absolute atomic E-state index is 13.4. The first-order valence-electron chi connectivity index (χ1n) is 6.51. The van der Waals surface area contributed by atoms with Crippen molar-refractivity contribution in [1.29, 1.82) is 0 Å². The van der Waals surface area contributed by atoms with Gasteiger partial charge in [-0.2, -0.15) is 8.42 Å². The van der Waals surface area contributed by atoms with Crippen LogP contribution in [-0.4, -0.2) is 29.5 Å². The molecule has 0 atom stereocenters. The van der Waals surface area contributed by atoms with Gasteiger partial charge in [0.25, 0.3) is 15.8 Å². The number of ketones is 2. The average Bonchev–Trinajstić information content (AvgIpc) is 2.50. The summed E-state index contributed by atoms with van der Waals surface area (Å²) in [5.41, 5.74) is 1.60. The summed E-state index contributed by atoms with van der Waals surface area (Å²) >= 11 is 0. The van der Waals surface area contributed by atoms with Crippen LogP contribution < -0.4 is 5.73 Å². The quantitative estimate of drug-likeness (QED) is 0.284. The summed E-state index contributed by atoms with van der Waals surface area (Å²) < 4.78 is 45.4. The van der Waals surface area contributed by atoms with Gasteiger partial charge in [0.05, 0.1) is 16.2 Å². The summed E-state index contributed by atoms with van der Waals surface area (Å²) in [7, 11) is -5.00. The molecule has 136 valence electrons. The Labute approximate surface area is 150 Å². The van der Waals surface area contributed by atoms with Gasteiger partial charge in [0.2, 0.25) is 5.78 Å². The van der Waals surface area contributed by atoms with Crippen LogP contribution in [0, 0.1) is 15.9 Å². The summed E-state index contributed by atoms with van der Waals surface area (Å²) in [6.07, 6.45) is 0. The van der Waals surface area contributed by atoms with Gasteiger partial charge in [-0.05, 0) is 18.2 Å². The SMILES string of the molecule is Cl.Nc1c(S(=O)(=O)O)cc([N+](=O)[O-])c2c1C(=O)c1ccc(F)cc1C2=O. The summed E-state index contributed by atoms with van der Waals surface area (Å²) in [4.78, 5) is 34.2. The second kappa shape index (κ2) is 6.12. The Bertz CT molecular complexity index is 1110. The third-order valence-corrected chi connectivity index (χ3v) is 4.60. The van der Waals surface area contributed by atoms with Crippen LogP contribution in [0.2, 0.25) is 0 Å². The van der Waals surface area contributed by atoms with Gasteiger partial charge in [-0.15, -0.1) is 12.4 Å². The van der Waals surface area contributed by atoms with Crippen molar-refractivity contribution in [2.45, 2.75) is 4.90 Å². The lowest BCUT2D eigenvalue weighted by atomic mass is 9.82. The van der Waals surface area contributed by atoms with Crippen LogP contribution in [0.25, 0.3) is 0 Å². The Hall–Kier alpha value is -2.89. The van der Waals surface area contributed by atoms with E-state index in [1.165, 1.54) is 0 Å². The topological polar surface area (TPSA) is 158 Å². The van der Waals surface area contributed by atoms with Crippen molar-refractivity contribution >= 4 is 45.5 Å². The number of nitrogens with zero attached hydrogens (tertiary/aromatic N) is 1. The van der Waals surface area contributed by atoms with Crippen molar-refractivity contribution in [3.05, 3.63) is 62.5 Å². The van der Waals surface area contributed by atoms with Crippen molar-refractivity contribution in [3.63, 3.8) is 0 Å². The van der Waals surface area contributed by atoms with Crippen LogP contribution in [0.1, 0.15) is 31.8 Å². The zero-order valence-electron chi connectivity index (χ0n) is 12.4. The molecule has 1 aliphatic rings. The molecule has 0 radical (unpaired) electrons. The third-order valence-electron chi connectivity index (χ3n) is 3.71. The first-order valence-corrected chi connectivity index (χ1v) is 7.95. The largest absolute Gasteiger partial charge is 0.397 e. The first-order chi connectivity index (χ1) is 11.5. The number of nitro benzene ring substituents is 1.